The second-order valence-corrected chi connectivity index (χ2v) is 8.61. The van der Waals surface area contributed by atoms with Crippen LogP contribution in [0.1, 0.15) is 40.9 Å². The molecule has 0 bridgehead atoms. The van der Waals surface area contributed by atoms with Gasteiger partial charge in [-0.2, -0.15) is 0 Å². The van der Waals surface area contributed by atoms with Crippen molar-refractivity contribution in [3.05, 3.63) is 59.5 Å². The number of hydrogen-bond acceptors (Lipinski definition) is 4. The third kappa shape index (κ3) is 3.27. The number of carbonyl (C=O) groups is 1. The summed E-state index contributed by atoms with van der Waals surface area (Å²) in [7, 11) is 0. The van der Waals surface area contributed by atoms with Crippen molar-refractivity contribution in [2.45, 2.75) is 31.2 Å². The second kappa shape index (κ2) is 7.37. The fourth-order valence-electron chi connectivity index (χ4n) is 5.33. The number of hydrogen-bond donors (Lipinski definition) is 0. The summed E-state index contributed by atoms with van der Waals surface area (Å²) in [6.45, 7) is 6.61. The molecule has 5 heteroatoms. The van der Waals surface area contributed by atoms with Crippen LogP contribution >= 0.6 is 0 Å². The van der Waals surface area contributed by atoms with Gasteiger partial charge >= 0.3 is 0 Å². The van der Waals surface area contributed by atoms with E-state index >= 15 is 0 Å². The minimum atomic E-state index is 0.0175. The predicted octanol–water partition coefficient (Wildman–Crippen LogP) is 3.31. The van der Waals surface area contributed by atoms with Gasteiger partial charge in [0.2, 0.25) is 0 Å². The van der Waals surface area contributed by atoms with Gasteiger partial charge in [-0.25, -0.2) is 0 Å². The summed E-state index contributed by atoms with van der Waals surface area (Å²) >= 11 is 0. The molecule has 1 atom stereocenters. The molecule has 5 nitrogen and oxygen atoms in total. The zero-order chi connectivity index (χ0) is 19.0. The lowest BCUT2D eigenvalue weighted by Crippen LogP contribution is -2.53. The van der Waals surface area contributed by atoms with Crippen molar-refractivity contribution in [2.75, 3.05) is 39.4 Å². The fourth-order valence-corrected chi connectivity index (χ4v) is 5.33. The standard InChI is InChI=1S/C23H28N2O3/c26-22(21-6-3-12-28-21)25-10-8-23(9-11-25)17-24(14-18-7-13-27-16-18)15-19-4-1-2-5-20(19)23/h1-6,12,18H,7-11,13-17H2. The van der Waals surface area contributed by atoms with Crippen molar-refractivity contribution in [3.63, 3.8) is 0 Å². The summed E-state index contributed by atoms with van der Waals surface area (Å²) in [6, 6.07) is 12.5. The maximum atomic E-state index is 12.7. The van der Waals surface area contributed by atoms with E-state index in [1.54, 1.807) is 18.4 Å². The van der Waals surface area contributed by atoms with Crippen molar-refractivity contribution >= 4 is 5.91 Å². The highest BCUT2D eigenvalue weighted by Crippen LogP contribution is 2.42. The monoisotopic (exact) mass is 380 g/mol. The number of benzene rings is 1. The zero-order valence-electron chi connectivity index (χ0n) is 16.3. The molecule has 1 amide bonds. The van der Waals surface area contributed by atoms with Gasteiger partial charge in [-0.15, -0.1) is 0 Å². The van der Waals surface area contributed by atoms with Crippen molar-refractivity contribution in [3.8, 4) is 0 Å². The Bertz CT molecular complexity index is 818. The third-order valence-electron chi connectivity index (χ3n) is 6.79. The predicted molar refractivity (Wildman–Crippen MR) is 106 cm³/mol. The molecule has 1 spiro atoms. The highest BCUT2D eigenvalue weighted by Gasteiger charge is 2.43. The fraction of sp³-hybridized carbons (Fsp3) is 0.522. The van der Waals surface area contributed by atoms with Crippen molar-refractivity contribution < 1.29 is 13.9 Å². The summed E-state index contributed by atoms with van der Waals surface area (Å²) in [6.07, 6.45) is 4.76. The molecule has 1 unspecified atom stereocenters. The Morgan fingerprint density at radius 3 is 2.75 bits per heavy atom. The Hall–Kier alpha value is -2.11. The van der Waals surface area contributed by atoms with Crippen LogP contribution in [0.25, 0.3) is 0 Å². The number of ether oxygens (including phenoxy) is 1. The van der Waals surface area contributed by atoms with E-state index in [0.717, 1.165) is 58.8 Å². The Morgan fingerprint density at radius 2 is 2.00 bits per heavy atom. The summed E-state index contributed by atoms with van der Waals surface area (Å²) in [4.78, 5) is 17.3. The maximum absolute atomic E-state index is 12.7. The first-order valence-corrected chi connectivity index (χ1v) is 10.4. The summed E-state index contributed by atoms with van der Waals surface area (Å²) in [5.41, 5.74) is 3.10. The smallest absolute Gasteiger partial charge is 0.289 e. The molecule has 28 heavy (non-hydrogen) atoms. The van der Waals surface area contributed by atoms with Gasteiger partial charge in [0.15, 0.2) is 5.76 Å². The van der Waals surface area contributed by atoms with Crippen LogP contribution in [-0.2, 0) is 16.7 Å². The van der Waals surface area contributed by atoms with Crippen LogP contribution in [0.3, 0.4) is 0 Å². The van der Waals surface area contributed by atoms with E-state index in [9.17, 15) is 4.79 Å². The first-order chi connectivity index (χ1) is 13.7. The minimum absolute atomic E-state index is 0.0175. The van der Waals surface area contributed by atoms with Crippen LogP contribution < -0.4 is 0 Å². The van der Waals surface area contributed by atoms with Crippen molar-refractivity contribution in [1.82, 2.24) is 9.80 Å². The lowest BCUT2D eigenvalue weighted by molar-refractivity contribution is 0.0545. The number of fused-ring (bicyclic) bond motifs is 2. The van der Waals surface area contributed by atoms with Gasteiger partial charge in [0.05, 0.1) is 12.9 Å². The van der Waals surface area contributed by atoms with E-state index in [0.29, 0.717) is 11.7 Å². The zero-order valence-corrected chi connectivity index (χ0v) is 16.3. The van der Waals surface area contributed by atoms with Crippen LogP contribution in [0.5, 0.6) is 0 Å². The molecule has 2 saturated heterocycles. The molecule has 0 radical (unpaired) electrons. The molecule has 0 aliphatic carbocycles. The summed E-state index contributed by atoms with van der Waals surface area (Å²) in [5.74, 6) is 1.12. The first kappa shape index (κ1) is 18.0. The Balaban J connectivity index is 1.35. The second-order valence-electron chi connectivity index (χ2n) is 8.61. The number of likely N-dealkylation sites (tertiary alicyclic amines) is 1. The van der Waals surface area contributed by atoms with E-state index in [1.165, 1.54) is 17.5 Å². The SMILES string of the molecule is O=C(c1ccco1)N1CCC2(CC1)CN(CC1CCOC1)Cc1ccccc12. The van der Waals surface area contributed by atoms with Crippen LogP contribution in [0, 0.1) is 5.92 Å². The third-order valence-corrected chi connectivity index (χ3v) is 6.79. The van der Waals surface area contributed by atoms with Gasteiger partial charge in [0, 0.05) is 44.7 Å². The number of piperidine rings is 1. The lowest BCUT2D eigenvalue weighted by Gasteiger charge is -2.49. The molecule has 3 aliphatic heterocycles. The average Bonchev–Trinajstić information content (AvgIpc) is 3.42. The summed E-state index contributed by atoms with van der Waals surface area (Å²) < 4.78 is 10.9. The highest BCUT2D eigenvalue weighted by molar-refractivity contribution is 5.91. The van der Waals surface area contributed by atoms with Gasteiger partial charge < -0.3 is 14.1 Å². The molecule has 0 saturated carbocycles. The molecule has 2 aromatic rings. The molecule has 148 valence electrons. The lowest BCUT2D eigenvalue weighted by atomic mass is 9.68. The largest absolute Gasteiger partial charge is 0.459 e. The van der Waals surface area contributed by atoms with Gasteiger partial charge in [-0.05, 0) is 48.4 Å². The number of furan rings is 1. The van der Waals surface area contributed by atoms with Crippen LogP contribution in [0.15, 0.2) is 47.1 Å². The van der Waals surface area contributed by atoms with Crippen LogP contribution in [0.4, 0.5) is 0 Å². The summed E-state index contributed by atoms with van der Waals surface area (Å²) in [5, 5.41) is 0. The van der Waals surface area contributed by atoms with E-state index in [-0.39, 0.29) is 11.3 Å². The molecule has 1 aromatic heterocycles. The Labute approximate surface area is 166 Å². The Morgan fingerprint density at radius 1 is 1.14 bits per heavy atom. The molecule has 1 aromatic carbocycles. The van der Waals surface area contributed by atoms with Gasteiger partial charge in [-0.1, -0.05) is 24.3 Å². The number of nitrogens with zero attached hydrogens (tertiary/aromatic N) is 2. The van der Waals surface area contributed by atoms with Gasteiger partial charge in [0.25, 0.3) is 5.91 Å². The topological polar surface area (TPSA) is 45.9 Å². The van der Waals surface area contributed by atoms with Crippen LogP contribution in [0.2, 0.25) is 0 Å². The van der Waals surface area contributed by atoms with E-state index in [2.05, 4.69) is 29.2 Å². The molecular weight excluding hydrogens is 352 g/mol. The van der Waals surface area contributed by atoms with Crippen LogP contribution in [-0.4, -0.2) is 55.1 Å². The van der Waals surface area contributed by atoms with E-state index < -0.39 is 0 Å². The highest BCUT2D eigenvalue weighted by atomic mass is 16.5. The minimum Gasteiger partial charge on any atom is -0.459 e. The van der Waals surface area contributed by atoms with E-state index in [1.807, 2.05) is 4.90 Å². The normalized spacial score (nSPS) is 24.4. The van der Waals surface area contributed by atoms with Gasteiger partial charge in [-0.3, -0.25) is 9.69 Å². The molecule has 4 heterocycles. The number of carbonyl (C=O) groups excluding carboxylic acids is 1. The first-order valence-electron chi connectivity index (χ1n) is 10.4. The Kier molecular flexibility index (Phi) is 4.73. The molecule has 3 aliphatic rings. The number of rotatable bonds is 3. The average molecular weight is 380 g/mol. The molecular formula is C23H28N2O3. The van der Waals surface area contributed by atoms with Crippen molar-refractivity contribution in [2.24, 2.45) is 5.92 Å². The van der Waals surface area contributed by atoms with Gasteiger partial charge in [0.1, 0.15) is 0 Å². The quantitative estimate of drug-likeness (QED) is 0.820. The van der Waals surface area contributed by atoms with Crippen molar-refractivity contribution in [1.29, 1.82) is 0 Å². The molecule has 2 fully saturated rings. The molecule has 0 N–H and O–H groups in total. The van der Waals surface area contributed by atoms with E-state index in [4.69, 9.17) is 9.15 Å². The maximum Gasteiger partial charge on any atom is 0.289 e. The molecule has 5 rings (SSSR count). The number of amides is 1.